The van der Waals surface area contributed by atoms with Crippen molar-refractivity contribution in [3.63, 3.8) is 0 Å². The molecule has 0 bridgehead atoms. The van der Waals surface area contributed by atoms with Crippen molar-refractivity contribution in [3.8, 4) is 0 Å². The zero-order valence-electron chi connectivity index (χ0n) is 8.07. The second-order valence-electron chi connectivity index (χ2n) is 3.04. The monoisotopic (exact) mass is 188 g/mol. The molecule has 2 heteroatoms. The van der Waals surface area contributed by atoms with Crippen LogP contribution in [0.1, 0.15) is 12.0 Å². The fourth-order valence-corrected chi connectivity index (χ4v) is 1.34. The Morgan fingerprint density at radius 3 is 2.57 bits per heavy atom. The highest BCUT2D eigenvalue weighted by atomic mass is 16.5. The number of ether oxygens (including phenoxy) is 2. The molecule has 0 saturated heterocycles. The highest BCUT2D eigenvalue weighted by molar-refractivity contribution is 5.61. The van der Waals surface area contributed by atoms with E-state index < -0.39 is 0 Å². The zero-order chi connectivity index (χ0) is 9.80. The van der Waals surface area contributed by atoms with Gasteiger partial charge in [0.2, 0.25) is 0 Å². The number of benzene rings is 1. The van der Waals surface area contributed by atoms with Gasteiger partial charge in [-0.05, 0) is 6.08 Å². The van der Waals surface area contributed by atoms with Crippen LogP contribution < -0.4 is 0 Å². The molecule has 0 unspecified atom stereocenters. The zero-order valence-corrected chi connectivity index (χ0v) is 8.07. The molecule has 0 fully saturated rings. The van der Waals surface area contributed by atoms with E-state index in [9.17, 15) is 0 Å². The highest BCUT2D eigenvalue weighted by Crippen LogP contribution is 2.23. The molecule has 2 nitrogen and oxygen atoms in total. The van der Waals surface area contributed by atoms with E-state index in [-0.39, 0.29) is 0 Å². The van der Waals surface area contributed by atoms with Gasteiger partial charge in [-0.15, -0.1) is 0 Å². The third kappa shape index (κ3) is 1.79. The molecule has 2 rings (SSSR count). The van der Waals surface area contributed by atoms with Crippen molar-refractivity contribution >= 4 is 5.76 Å². The van der Waals surface area contributed by atoms with Crippen LogP contribution in [0.15, 0.2) is 48.4 Å². The summed E-state index contributed by atoms with van der Waals surface area (Å²) in [6.07, 6.45) is 4.47. The molecule has 1 aliphatic rings. The number of hydrogen-bond donors (Lipinski definition) is 0. The lowest BCUT2D eigenvalue weighted by atomic mass is 10.1. The summed E-state index contributed by atoms with van der Waals surface area (Å²) >= 11 is 0. The first-order chi connectivity index (χ1) is 6.90. The Morgan fingerprint density at radius 2 is 2.00 bits per heavy atom. The molecule has 0 aromatic heterocycles. The average Bonchev–Trinajstić information content (AvgIpc) is 2.30. The van der Waals surface area contributed by atoms with Crippen LogP contribution in [0.3, 0.4) is 0 Å². The smallest absolute Gasteiger partial charge is 0.134 e. The predicted molar refractivity (Wildman–Crippen MR) is 55.2 cm³/mol. The molecule has 0 amide bonds. The fourth-order valence-electron chi connectivity index (χ4n) is 1.34. The minimum Gasteiger partial charge on any atom is -0.498 e. The van der Waals surface area contributed by atoms with Gasteiger partial charge in [0.05, 0.1) is 7.11 Å². The maximum Gasteiger partial charge on any atom is 0.134 e. The quantitative estimate of drug-likeness (QED) is 0.710. The molecule has 0 aliphatic carbocycles. The summed E-state index contributed by atoms with van der Waals surface area (Å²) in [7, 11) is 1.65. The number of hydrogen-bond acceptors (Lipinski definition) is 2. The molecule has 0 atom stereocenters. The van der Waals surface area contributed by atoms with Crippen LogP contribution >= 0.6 is 0 Å². The van der Waals surface area contributed by atoms with Crippen molar-refractivity contribution in [3.05, 3.63) is 54.0 Å². The lowest BCUT2D eigenvalue weighted by molar-refractivity contribution is 0.255. The second-order valence-corrected chi connectivity index (χ2v) is 3.04. The maximum absolute atomic E-state index is 5.44. The van der Waals surface area contributed by atoms with E-state index >= 15 is 0 Å². The molecule has 1 aromatic carbocycles. The third-order valence-corrected chi connectivity index (χ3v) is 2.13. The Morgan fingerprint density at radius 1 is 1.21 bits per heavy atom. The Labute approximate surface area is 83.5 Å². The van der Waals surface area contributed by atoms with E-state index in [1.54, 1.807) is 13.4 Å². The van der Waals surface area contributed by atoms with Gasteiger partial charge in [0.25, 0.3) is 0 Å². The average molecular weight is 188 g/mol. The Bertz CT molecular complexity index is 363. The molecular weight excluding hydrogens is 176 g/mol. The van der Waals surface area contributed by atoms with Crippen LogP contribution in [0.5, 0.6) is 0 Å². The topological polar surface area (TPSA) is 18.5 Å². The van der Waals surface area contributed by atoms with E-state index in [4.69, 9.17) is 9.47 Å². The number of methoxy groups -OCH3 is 1. The van der Waals surface area contributed by atoms with Gasteiger partial charge in [0.1, 0.15) is 17.8 Å². The van der Waals surface area contributed by atoms with Gasteiger partial charge in [-0.3, -0.25) is 0 Å². The van der Waals surface area contributed by atoms with Crippen molar-refractivity contribution in [2.75, 3.05) is 7.11 Å². The Kier molecular flexibility index (Phi) is 2.54. The summed E-state index contributed by atoms with van der Waals surface area (Å²) in [5.41, 5.74) is 1.10. The lowest BCUT2D eigenvalue weighted by Crippen LogP contribution is -1.96. The van der Waals surface area contributed by atoms with E-state index in [1.807, 2.05) is 36.4 Å². The van der Waals surface area contributed by atoms with Gasteiger partial charge in [-0.2, -0.15) is 0 Å². The minimum atomic E-state index is 0.792. The summed E-state index contributed by atoms with van der Waals surface area (Å²) < 4.78 is 10.5. The van der Waals surface area contributed by atoms with Gasteiger partial charge < -0.3 is 9.47 Å². The summed E-state index contributed by atoms with van der Waals surface area (Å²) in [6.45, 7) is 0. The van der Waals surface area contributed by atoms with Crippen molar-refractivity contribution in [2.45, 2.75) is 6.42 Å². The van der Waals surface area contributed by atoms with Crippen LogP contribution in [0.4, 0.5) is 0 Å². The summed E-state index contributed by atoms with van der Waals surface area (Å²) in [4.78, 5) is 0. The summed E-state index contributed by atoms with van der Waals surface area (Å²) in [6, 6.07) is 10.0. The van der Waals surface area contributed by atoms with E-state index in [1.165, 1.54) is 0 Å². The third-order valence-electron chi connectivity index (χ3n) is 2.13. The standard InChI is InChI=1S/C12H12O2/c1-13-11-7-8-12(14-9-11)10-5-3-2-4-6-10/h2-6,8-9H,7H2,1H3. The SMILES string of the molecule is COC1=COC(c2ccccc2)=CC1. The van der Waals surface area contributed by atoms with Gasteiger partial charge in [0, 0.05) is 12.0 Å². The first kappa shape index (κ1) is 8.88. The lowest BCUT2D eigenvalue weighted by Gasteiger charge is -2.13. The Hall–Kier alpha value is -1.70. The first-order valence-electron chi connectivity index (χ1n) is 4.55. The number of allylic oxidation sites excluding steroid dienone is 1. The van der Waals surface area contributed by atoms with E-state index in [2.05, 4.69) is 0 Å². The van der Waals surface area contributed by atoms with E-state index in [0.29, 0.717) is 0 Å². The van der Waals surface area contributed by atoms with Crippen LogP contribution in [-0.4, -0.2) is 7.11 Å². The van der Waals surface area contributed by atoms with Crippen molar-refractivity contribution < 1.29 is 9.47 Å². The van der Waals surface area contributed by atoms with Gasteiger partial charge in [-0.1, -0.05) is 30.3 Å². The normalized spacial score (nSPS) is 15.2. The predicted octanol–water partition coefficient (Wildman–Crippen LogP) is 2.94. The molecule has 0 radical (unpaired) electrons. The minimum absolute atomic E-state index is 0.792. The van der Waals surface area contributed by atoms with Crippen LogP contribution in [0.25, 0.3) is 5.76 Å². The van der Waals surface area contributed by atoms with Crippen molar-refractivity contribution in [2.24, 2.45) is 0 Å². The van der Waals surface area contributed by atoms with Crippen LogP contribution in [0, 0.1) is 0 Å². The van der Waals surface area contributed by atoms with Gasteiger partial charge in [0.15, 0.2) is 0 Å². The first-order valence-corrected chi connectivity index (χ1v) is 4.55. The molecule has 14 heavy (non-hydrogen) atoms. The van der Waals surface area contributed by atoms with Crippen LogP contribution in [0.2, 0.25) is 0 Å². The molecule has 0 saturated carbocycles. The maximum atomic E-state index is 5.44. The molecule has 1 aromatic rings. The molecule has 1 aliphatic heterocycles. The molecular formula is C12H12O2. The molecule has 0 N–H and O–H groups in total. The summed E-state index contributed by atoms with van der Waals surface area (Å²) in [5, 5.41) is 0. The largest absolute Gasteiger partial charge is 0.498 e. The van der Waals surface area contributed by atoms with Gasteiger partial charge in [-0.25, -0.2) is 0 Å². The Balaban J connectivity index is 2.13. The molecule has 1 heterocycles. The van der Waals surface area contributed by atoms with Crippen LogP contribution in [-0.2, 0) is 9.47 Å². The number of rotatable bonds is 2. The van der Waals surface area contributed by atoms with Crippen molar-refractivity contribution in [1.29, 1.82) is 0 Å². The summed E-state index contributed by atoms with van der Waals surface area (Å²) in [5.74, 6) is 1.75. The fraction of sp³-hybridized carbons (Fsp3) is 0.167. The molecule has 72 valence electrons. The molecule has 0 spiro atoms. The highest BCUT2D eigenvalue weighted by Gasteiger charge is 2.07. The van der Waals surface area contributed by atoms with Gasteiger partial charge >= 0.3 is 0 Å². The van der Waals surface area contributed by atoms with E-state index in [0.717, 1.165) is 23.5 Å². The van der Waals surface area contributed by atoms with Crippen molar-refractivity contribution in [1.82, 2.24) is 0 Å². The second kappa shape index (κ2) is 4.01.